The molecule has 1 atom stereocenters. The average molecular weight is 500 g/mol. The number of aliphatic hydroxyl groups is 1. The maximum Gasteiger partial charge on any atom is 0.241 e. The van der Waals surface area contributed by atoms with Gasteiger partial charge in [0.2, 0.25) is 11.9 Å². The van der Waals surface area contributed by atoms with E-state index >= 15 is 0 Å². The van der Waals surface area contributed by atoms with Gasteiger partial charge in [-0.3, -0.25) is 4.79 Å². The zero-order chi connectivity index (χ0) is 25.1. The lowest BCUT2D eigenvalue weighted by Crippen LogP contribution is -2.44. The second kappa shape index (κ2) is 11.4. The number of nitrogens with zero attached hydrogens (tertiary/aromatic N) is 4. The molecule has 1 aliphatic heterocycles. The van der Waals surface area contributed by atoms with Crippen molar-refractivity contribution in [2.45, 2.75) is 82.3 Å². The molecule has 1 saturated heterocycles. The highest BCUT2D eigenvalue weighted by Gasteiger charge is 2.33. The van der Waals surface area contributed by atoms with Gasteiger partial charge in [-0.1, -0.05) is 0 Å². The molecule has 2 aromatic heterocycles. The number of hydrogen-bond donors (Lipinski definition) is 2. The van der Waals surface area contributed by atoms with Gasteiger partial charge in [0.15, 0.2) is 0 Å². The summed E-state index contributed by atoms with van der Waals surface area (Å²) in [6, 6.07) is 2.46. The van der Waals surface area contributed by atoms with Crippen molar-refractivity contribution in [2.24, 2.45) is 5.92 Å². The van der Waals surface area contributed by atoms with Crippen molar-refractivity contribution in [2.75, 3.05) is 45.3 Å². The topological polar surface area (TPSA) is 101 Å². The van der Waals surface area contributed by atoms with Crippen molar-refractivity contribution >= 4 is 17.4 Å². The van der Waals surface area contributed by atoms with Crippen LogP contribution in [-0.2, 0) is 14.3 Å². The number of hydrogen-bond acceptors (Lipinski definition) is 7. The number of anilines is 1. The minimum atomic E-state index is -0.187. The van der Waals surface area contributed by atoms with Gasteiger partial charge in [-0.15, -0.1) is 5.10 Å². The van der Waals surface area contributed by atoms with Crippen molar-refractivity contribution in [1.82, 2.24) is 19.5 Å². The van der Waals surface area contributed by atoms with Gasteiger partial charge in [0.1, 0.15) is 0 Å². The van der Waals surface area contributed by atoms with E-state index in [1.165, 1.54) is 11.3 Å². The maximum absolute atomic E-state index is 13.0. The van der Waals surface area contributed by atoms with Crippen molar-refractivity contribution in [3.8, 4) is 0 Å². The number of morpholine rings is 1. The van der Waals surface area contributed by atoms with Crippen LogP contribution in [0.15, 0.2) is 12.3 Å². The molecule has 0 unspecified atom stereocenters. The lowest BCUT2D eigenvalue weighted by Gasteiger charge is -2.34. The van der Waals surface area contributed by atoms with E-state index in [1.54, 1.807) is 7.11 Å². The molecule has 2 aromatic rings. The number of carbonyl (C=O) groups excluding carboxylic acids is 1. The molecule has 2 saturated carbocycles. The van der Waals surface area contributed by atoms with E-state index in [-0.39, 0.29) is 18.1 Å². The fourth-order valence-corrected chi connectivity index (χ4v) is 6.30. The van der Waals surface area contributed by atoms with Gasteiger partial charge in [0.25, 0.3) is 0 Å². The molecular formula is C27H41N5O4. The van der Waals surface area contributed by atoms with E-state index in [2.05, 4.69) is 27.8 Å². The van der Waals surface area contributed by atoms with E-state index in [0.29, 0.717) is 43.5 Å². The molecule has 5 rings (SSSR count). The standard InChI is InChI=1S/C27H41N5O4/c1-18(17-35-2)29-27-28-16-25-23(15-24(32(25)30-27)20-7-9-22(33)10-8-20)19-3-5-21(6-4-19)26(34)31-11-13-36-14-12-31/h15-16,18-22,33H,3-14,17H2,1-2H3,(H,29,30)/t18-,19-,20-,21-,22-/m0/s1. The van der Waals surface area contributed by atoms with Gasteiger partial charge in [-0.05, 0) is 75.8 Å². The number of methoxy groups -OCH3 is 1. The summed E-state index contributed by atoms with van der Waals surface area (Å²) in [6.45, 7) is 5.38. The molecule has 0 radical (unpaired) electrons. The van der Waals surface area contributed by atoms with Crippen molar-refractivity contribution in [1.29, 1.82) is 0 Å². The third-order valence-electron chi connectivity index (χ3n) is 8.32. The molecular weight excluding hydrogens is 458 g/mol. The summed E-state index contributed by atoms with van der Waals surface area (Å²) in [7, 11) is 1.69. The quantitative estimate of drug-likeness (QED) is 0.603. The Morgan fingerprint density at radius 2 is 1.83 bits per heavy atom. The van der Waals surface area contributed by atoms with E-state index < -0.39 is 0 Å². The largest absolute Gasteiger partial charge is 0.393 e. The summed E-state index contributed by atoms with van der Waals surface area (Å²) in [5.41, 5.74) is 3.61. The highest BCUT2D eigenvalue weighted by molar-refractivity contribution is 5.79. The summed E-state index contributed by atoms with van der Waals surface area (Å²) in [5, 5.41) is 18.3. The van der Waals surface area contributed by atoms with Crippen LogP contribution in [0.4, 0.5) is 5.95 Å². The number of amides is 1. The number of rotatable bonds is 7. The maximum atomic E-state index is 13.0. The molecule has 0 spiro atoms. The Labute approximate surface area is 213 Å². The average Bonchev–Trinajstić information content (AvgIpc) is 3.28. The predicted octanol–water partition coefficient (Wildman–Crippen LogP) is 3.33. The molecule has 198 valence electrons. The first-order valence-electron chi connectivity index (χ1n) is 13.7. The molecule has 2 aliphatic carbocycles. The molecule has 0 bridgehead atoms. The Balaban J connectivity index is 1.36. The number of nitrogens with one attached hydrogen (secondary N) is 1. The van der Waals surface area contributed by atoms with E-state index in [0.717, 1.165) is 70.0 Å². The van der Waals surface area contributed by atoms with Crippen LogP contribution in [0, 0.1) is 5.92 Å². The molecule has 3 heterocycles. The Morgan fingerprint density at radius 3 is 2.53 bits per heavy atom. The smallest absolute Gasteiger partial charge is 0.241 e. The zero-order valence-corrected chi connectivity index (χ0v) is 21.7. The predicted molar refractivity (Wildman–Crippen MR) is 137 cm³/mol. The minimum Gasteiger partial charge on any atom is -0.393 e. The SMILES string of the molecule is COC[C@H](C)Nc1ncc2c([C@H]3CC[C@H](C(=O)N4CCOCC4)CC3)cc([C@H]3CC[C@H](O)CC3)n2n1. The molecule has 9 nitrogen and oxygen atoms in total. The van der Waals surface area contributed by atoms with Gasteiger partial charge in [-0.2, -0.15) is 0 Å². The highest BCUT2D eigenvalue weighted by atomic mass is 16.5. The van der Waals surface area contributed by atoms with Crippen LogP contribution >= 0.6 is 0 Å². The summed E-state index contributed by atoms with van der Waals surface area (Å²) in [4.78, 5) is 19.7. The second-order valence-corrected chi connectivity index (χ2v) is 10.9. The van der Waals surface area contributed by atoms with E-state index in [4.69, 9.17) is 14.6 Å². The number of carbonyl (C=O) groups is 1. The van der Waals surface area contributed by atoms with Crippen molar-refractivity contribution < 1.29 is 19.4 Å². The Hall–Kier alpha value is -2.23. The number of aromatic nitrogens is 3. The monoisotopic (exact) mass is 499 g/mol. The Kier molecular flexibility index (Phi) is 8.08. The number of ether oxygens (including phenoxy) is 2. The van der Waals surface area contributed by atoms with Crippen LogP contribution in [0.25, 0.3) is 5.52 Å². The summed E-state index contributed by atoms with van der Waals surface area (Å²) >= 11 is 0. The second-order valence-electron chi connectivity index (χ2n) is 10.9. The van der Waals surface area contributed by atoms with Crippen LogP contribution in [-0.4, -0.2) is 82.7 Å². The first kappa shape index (κ1) is 25.4. The zero-order valence-electron chi connectivity index (χ0n) is 21.7. The molecule has 9 heteroatoms. The van der Waals surface area contributed by atoms with E-state index in [9.17, 15) is 9.90 Å². The number of aliphatic hydroxyl groups excluding tert-OH is 1. The third-order valence-corrected chi connectivity index (χ3v) is 8.32. The summed E-state index contributed by atoms with van der Waals surface area (Å²) < 4.78 is 12.8. The van der Waals surface area contributed by atoms with Crippen LogP contribution < -0.4 is 5.32 Å². The molecule has 2 N–H and O–H groups in total. The van der Waals surface area contributed by atoms with Gasteiger partial charge < -0.3 is 24.8 Å². The van der Waals surface area contributed by atoms with Crippen LogP contribution in [0.1, 0.15) is 81.4 Å². The molecule has 0 aromatic carbocycles. The van der Waals surface area contributed by atoms with Gasteiger partial charge in [0.05, 0.1) is 37.6 Å². The van der Waals surface area contributed by atoms with Gasteiger partial charge in [-0.25, -0.2) is 9.50 Å². The van der Waals surface area contributed by atoms with Crippen LogP contribution in [0.2, 0.25) is 0 Å². The summed E-state index contributed by atoms with van der Waals surface area (Å²) in [5.74, 6) is 1.83. The first-order valence-corrected chi connectivity index (χ1v) is 13.7. The molecule has 3 fully saturated rings. The Morgan fingerprint density at radius 1 is 1.14 bits per heavy atom. The lowest BCUT2D eigenvalue weighted by molar-refractivity contribution is -0.140. The van der Waals surface area contributed by atoms with Crippen molar-refractivity contribution in [3.05, 3.63) is 23.5 Å². The molecule has 1 amide bonds. The van der Waals surface area contributed by atoms with Crippen LogP contribution in [0.3, 0.4) is 0 Å². The minimum absolute atomic E-state index is 0.107. The van der Waals surface area contributed by atoms with Crippen molar-refractivity contribution in [3.63, 3.8) is 0 Å². The third kappa shape index (κ3) is 5.53. The molecule has 36 heavy (non-hydrogen) atoms. The van der Waals surface area contributed by atoms with Gasteiger partial charge in [0, 0.05) is 43.8 Å². The number of fused-ring (bicyclic) bond motifs is 1. The Bertz CT molecular complexity index is 1020. The summed E-state index contributed by atoms with van der Waals surface area (Å²) in [6.07, 6.45) is 9.26. The first-order chi connectivity index (χ1) is 17.5. The van der Waals surface area contributed by atoms with Crippen LogP contribution in [0.5, 0.6) is 0 Å². The lowest BCUT2D eigenvalue weighted by atomic mass is 9.78. The fourth-order valence-electron chi connectivity index (χ4n) is 6.30. The highest BCUT2D eigenvalue weighted by Crippen LogP contribution is 2.42. The fraction of sp³-hybridized carbons (Fsp3) is 0.741. The normalized spacial score (nSPS) is 28.2. The van der Waals surface area contributed by atoms with Gasteiger partial charge >= 0.3 is 0 Å². The molecule has 3 aliphatic rings. The van der Waals surface area contributed by atoms with E-state index in [1.807, 2.05) is 11.1 Å².